The summed E-state index contributed by atoms with van der Waals surface area (Å²) in [6, 6.07) is 0. The second-order valence-electron chi connectivity index (χ2n) is 3.73. The van der Waals surface area contributed by atoms with E-state index in [1.165, 1.54) is 0 Å². The van der Waals surface area contributed by atoms with E-state index in [1.807, 2.05) is 0 Å². The molecule has 0 fully saturated rings. The van der Waals surface area contributed by atoms with Crippen molar-refractivity contribution < 1.29 is 38.5 Å². The average molecular weight is 288 g/mol. The first kappa shape index (κ1) is 17.8. The van der Waals surface area contributed by atoms with E-state index < -0.39 is 41.6 Å². The van der Waals surface area contributed by atoms with Crippen molar-refractivity contribution in [2.24, 2.45) is 5.92 Å². The summed E-state index contributed by atoms with van der Waals surface area (Å²) in [5, 5.41) is 10.3. The summed E-state index contributed by atoms with van der Waals surface area (Å²) in [5.74, 6) is -6.52. The molecule has 0 heterocycles. The summed E-state index contributed by atoms with van der Waals surface area (Å²) >= 11 is 0. The van der Waals surface area contributed by atoms with Crippen molar-refractivity contribution in [3.05, 3.63) is 12.7 Å². The SMILES string of the molecule is C=CC(=O)C(C(=O)OC)C(O)(CC(=O)OC)C(=O)OC. The number of aliphatic hydroxyl groups is 1. The van der Waals surface area contributed by atoms with Gasteiger partial charge in [0.05, 0.1) is 27.8 Å². The lowest BCUT2D eigenvalue weighted by Gasteiger charge is -2.29. The molecule has 0 spiro atoms. The second-order valence-corrected chi connectivity index (χ2v) is 3.73. The predicted octanol–water partition coefficient (Wildman–Crippen LogP) is -1.00. The van der Waals surface area contributed by atoms with Crippen LogP contribution in [0.15, 0.2) is 12.7 Å². The number of hydrogen-bond donors (Lipinski definition) is 1. The molecule has 2 atom stereocenters. The molecule has 0 radical (unpaired) electrons. The van der Waals surface area contributed by atoms with Crippen molar-refractivity contribution in [1.29, 1.82) is 0 Å². The molecule has 0 rings (SSSR count). The van der Waals surface area contributed by atoms with Gasteiger partial charge in [-0.1, -0.05) is 6.58 Å². The van der Waals surface area contributed by atoms with Crippen LogP contribution < -0.4 is 0 Å². The van der Waals surface area contributed by atoms with E-state index in [4.69, 9.17) is 0 Å². The smallest absolute Gasteiger partial charge is 0.339 e. The van der Waals surface area contributed by atoms with Gasteiger partial charge in [-0.2, -0.15) is 0 Å². The zero-order valence-corrected chi connectivity index (χ0v) is 11.4. The van der Waals surface area contributed by atoms with Crippen LogP contribution in [-0.2, 0) is 33.4 Å². The maximum Gasteiger partial charge on any atom is 0.339 e. The van der Waals surface area contributed by atoms with Gasteiger partial charge in [0.15, 0.2) is 17.3 Å². The molecule has 0 aliphatic heterocycles. The van der Waals surface area contributed by atoms with Gasteiger partial charge in [-0.05, 0) is 6.08 Å². The van der Waals surface area contributed by atoms with Crippen LogP contribution >= 0.6 is 0 Å². The predicted molar refractivity (Wildman–Crippen MR) is 64.3 cm³/mol. The van der Waals surface area contributed by atoms with E-state index in [0.717, 1.165) is 27.4 Å². The summed E-state index contributed by atoms with van der Waals surface area (Å²) in [5.41, 5.74) is -2.74. The van der Waals surface area contributed by atoms with E-state index >= 15 is 0 Å². The van der Waals surface area contributed by atoms with E-state index in [0.29, 0.717) is 0 Å². The van der Waals surface area contributed by atoms with Crippen molar-refractivity contribution >= 4 is 23.7 Å². The fourth-order valence-corrected chi connectivity index (χ4v) is 1.54. The fourth-order valence-electron chi connectivity index (χ4n) is 1.54. The summed E-state index contributed by atoms with van der Waals surface area (Å²) < 4.78 is 13.0. The Kier molecular flexibility index (Phi) is 6.57. The highest BCUT2D eigenvalue weighted by molar-refractivity contribution is 6.10. The van der Waals surface area contributed by atoms with Gasteiger partial charge in [0.2, 0.25) is 0 Å². The molecule has 0 amide bonds. The van der Waals surface area contributed by atoms with Crippen LogP contribution in [0.25, 0.3) is 0 Å². The highest BCUT2D eigenvalue weighted by atomic mass is 16.6. The molecule has 112 valence electrons. The molecule has 0 saturated heterocycles. The van der Waals surface area contributed by atoms with Crippen molar-refractivity contribution in [2.45, 2.75) is 12.0 Å². The standard InChI is InChI=1S/C12H16O8/c1-5-7(13)9(10(15)19-3)12(17,11(16)20-4)6-8(14)18-2/h5,9,17H,1,6H2,2-4H3. The Morgan fingerprint density at radius 1 is 1.15 bits per heavy atom. The zero-order valence-electron chi connectivity index (χ0n) is 11.4. The number of carbonyl (C=O) groups is 4. The van der Waals surface area contributed by atoms with Crippen molar-refractivity contribution in [2.75, 3.05) is 21.3 Å². The van der Waals surface area contributed by atoms with Crippen LogP contribution in [0.3, 0.4) is 0 Å². The van der Waals surface area contributed by atoms with Crippen LogP contribution in [0.4, 0.5) is 0 Å². The molecule has 20 heavy (non-hydrogen) atoms. The molecular weight excluding hydrogens is 272 g/mol. The number of ketones is 1. The molecule has 1 N–H and O–H groups in total. The van der Waals surface area contributed by atoms with Gasteiger partial charge in [0, 0.05) is 0 Å². The minimum atomic E-state index is -2.74. The van der Waals surface area contributed by atoms with Crippen molar-refractivity contribution in [3.8, 4) is 0 Å². The normalized spacial score (nSPS) is 14.4. The molecule has 0 aromatic heterocycles. The van der Waals surface area contributed by atoms with Crippen LogP contribution in [0.5, 0.6) is 0 Å². The number of methoxy groups -OCH3 is 3. The number of esters is 3. The fraction of sp³-hybridized carbons (Fsp3) is 0.500. The lowest BCUT2D eigenvalue weighted by Crippen LogP contribution is -2.54. The third kappa shape index (κ3) is 3.64. The number of carbonyl (C=O) groups excluding carboxylic acids is 4. The zero-order chi connectivity index (χ0) is 15.9. The molecule has 2 unspecified atom stereocenters. The van der Waals surface area contributed by atoms with Gasteiger partial charge in [-0.25, -0.2) is 4.79 Å². The summed E-state index contributed by atoms with van der Waals surface area (Å²) in [4.78, 5) is 46.3. The number of ether oxygens (including phenoxy) is 3. The Bertz CT molecular complexity index is 427. The Hall–Kier alpha value is -2.22. The highest BCUT2D eigenvalue weighted by Crippen LogP contribution is 2.27. The number of allylic oxidation sites excluding steroid dienone is 1. The first-order valence-corrected chi connectivity index (χ1v) is 5.40. The topological polar surface area (TPSA) is 116 Å². The van der Waals surface area contributed by atoms with E-state index in [9.17, 15) is 24.3 Å². The van der Waals surface area contributed by atoms with Gasteiger partial charge in [0.1, 0.15) is 0 Å². The molecule has 0 bridgehead atoms. The molecule has 0 aromatic carbocycles. The first-order chi connectivity index (χ1) is 9.28. The molecule has 8 heteroatoms. The van der Waals surface area contributed by atoms with Gasteiger partial charge in [-0.3, -0.25) is 14.4 Å². The monoisotopic (exact) mass is 288 g/mol. The van der Waals surface area contributed by atoms with E-state index in [2.05, 4.69) is 20.8 Å². The minimum Gasteiger partial charge on any atom is -0.469 e. The quantitative estimate of drug-likeness (QED) is 0.274. The Morgan fingerprint density at radius 2 is 1.70 bits per heavy atom. The van der Waals surface area contributed by atoms with E-state index in [1.54, 1.807) is 0 Å². The lowest BCUT2D eigenvalue weighted by molar-refractivity contribution is -0.183. The number of hydrogen-bond acceptors (Lipinski definition) is 8. The maximum absolute atomic E-state index is 11.7. The van der Waals surface area contributed by atoms with E-state index in [-0.39, 0.29) is 0 Å². The summed E-state index contributed by atoms with van der Waals surface area (Å²) in [6.07, 6.45) is -0.220. The molecule has 0 aliphatic rings. The van der Waals surface area contributed by atoms with Crippen LogP contribution in [0.1, 0.15) is 6.42 Å². The number of rotatable bonds is 7. The molecular formula is C12H16O8. The largest absolute Gasteiger partial charge is 0.469 e. The van der Waals surface area contributed by atoms with Crippen LogP contribution in [-0.4, -0.2) is 55.7 Å². The molecule has 8 nitrogen and oxygen atoms in total. The second kappa shape index (κ2) is 7.39. The summed E-state index contributed by atoms with van der Waals surface area (Å²) in [7, 11) is 2.90. The van der Waals surface area contributed by atoms with Crippen molar-refractivity contribution in [1.82, 2.24) is 0 Å². The van der Waals surface area contributed by atoms with Gasteiger partial charge >= 0.3 is 17.9 Å². The van der Waals surface area contributed by atoms with Crippen LogP contribution in [0, 0.1) is 5.92 Å². The molecule has 0 saturated carbocycles. The minimum absolute atomic E-state index is 0.729. The van der Waals surface area contributed by atoms with Gasteiger partial charge < -0.3 is 19.3 Å². The van der Waals surface area contributed by atoms with Crippen molar-refractivity contribution in [3.63, 3.8) is 0 Å². The summed E-state index contributed by atoms with van der Waals surface area (Å²) in [6.45, 7) is 3.16. The Morgan fingerprint density at radius 3 is 2.05 bits per heavy atom. The highest BCUT2D eigenvalue weighted by Gasteiger charge is 2.54. The van der Waals surface area contributed by atoms with Gasteiger partial charge in [-0.15, -0.1) is 0 Å². The maximum atomic E-state index is 11.7. The van der Waals surface area contributed by atoms with Crippen LogP contribution in [0.2, 0.25) is 0 Å². The van der Waals surface area contributed by atoms with Gasteiger partial charge in [0.25, 0.3) is 0 Å². The lowest BCUT2D eigenvalue weighted by atomic mass is 9.81. The first-order valence-electron chi connectivity index (χ1n) is 5.40. The third-order valence-electron chi connectivity index (χ3n) is 2.58. The molecule has 0 aliphatic carbocycles. The Labute approximate surface area is 115 Å². The average Bonchev–Trinajstić information content (AvgIpc) is 2.45. The molecule has 0 aromatic rings. The Balaban J connectivity index is 5.81. The third-order valence-corrected chi connectivity index (χ3v) is 2.58.